The quantitative estimate of drug-likeness (QED) is 0.718. The molecule has 0 radical (unpaired) electrons. The Morgan fingerprint density at radius 1 is 1.12 bits per heavy atom. The first-order valence-electron chi connectivity index (χ1n) is 7.75. The van der Waals surface area contributed by atoms with Crippen LogP contribution in [0.25, 0.3) is 10.9 Å². The molecule has 0 unspecified atom stereocenters. The molecule has 2 heterocycles. The molecule has 1 saturated heterocycles. The van der Waals surface area contributed by atoms with Gasteiger partial charge in [-0.3, -0.25) is 4.98 Å². The second kappa shape index (κ2) is 7.52. The predicted molar refractivity (Wildman–Crippen MR) is 85.1 cm³/mol. The van der Waals surface area contributed by atoms with Gasteiger partial charge in [-0.2, -0.15) is 0 Å². The molecule has 130 valence electrons. The van der Waals surface area contributed by atoms with Crippen LogP contribution in [0.3, 0.4) is 0 Å². The first-order chi connectivity index (χ1) is 11.6. The lowest BCUT2D eigenvalue weighted by Crippen LogP contribution is -2.59. The van der Waals surface area contributed by atoms with Crippen molar-refractivity contribution >= 4 is 10.9 Å². The molecule has 3 N–H and O–H groups in total. The van der Waals surface area contributed by atoms with Crippen molar-refractivity contribution in [1.29, 1.82) is 0 Å². The van der Waals surface area contributed by atoms with E-state index >= 15 is 0 Å². The molecule has 0 spiro atoms. The van der Waals surface area contributed by atoms with Crippen LogP contribution in [-0.4, -0.2) is 64.7 Å². The van der Waals surface area contributed by atoms with Crippen LogP contribution in [0, 0.1) is 0 Å². The van der Waals surface area contributed by atoms with E-state index < -0.39 is 37.3 Å². The molecule has 3 rings (SSSR count). The van der Waals surface area contributed by atoms with Crippen molar-refractivity contribution in [2.45, 2.75) is 37.3 Å². The van der Waals surface area contributed by atoms with Gasteiger partial charge in [-0.25, -0.2) is 0 Å². The lowest BCUT2D eigenvalue weighted by Gasteiger charge is -2.41. The van der Waals surface area contributed by atoms with E-state index in [-0.39, 0.29) is 6.61 Å². The van der Waals surface area contributed by atoms with E-state index in [4.69, 9.17) is 14.2 Å². The second-order valence-corrected chi connectivity index (χ2v) is 5.71. The number of nitrogens with zero attached hydrogens (tertiary/aromatic N) is 1. The van der Waals surface area contributed by atoms with Crippen LogP contribution >= 0.6 is 0 Å². The highest BCUT2D eigenvalue weighted by molar-refractivity contribution is 5.78. The van der Waals surface area contributed by atoms with Gasteiger partial charge in [-0.05, 0) is 12.1 Å². The lowest BCUT2D eigenvalue weighted by atomic mass is 9.99. The normalized spacial score (nSPS) is 30.6. The van der Waals surface area contributed by atoms with Crippen LogP contribution < -0.4 is 0 Å². The van der Waals surface area contributed by atoms with E-state index in [1.165, 1.54) is 7.11 Å². The molecule has 0 bridgehead atoms. The third kappa shape index (κ3) is 3.41. The van der Waals surface area contributed by atoms with Gasteiger partial charge in [-0.1, -0.05) is 24.3 Å². The van der Waals surface area contributed by atoms with Crippen LogP contribution in [0.5, 0.6) is 0 Å². The Balaban J connectivity index is 1.72. The first-order valence-corrected chi connectivity index (χ1v) is 7.75. The number of rotatable bonds is 5. The van der Waals surface area contributed by atoms with Crippen molar-refractivity contribution in [2.24, 2.45) is 0 Å². The molecule has 1 aliphatic rings. The fourth-order valence-corrected chi connectivity index (χ4v) is 2.82. The van der Waals surface area contributed by atoms with Crippen LogP contribution in [0.15, 0.2) is 36.4 Å². The number of aliphatic hydroxyl groups is 3. The van der Waals surface area contributed by atoms with Gasteiger partial charge in [-0.15, -0.1) is 0 Å². The summed E-state index contributed by atoms with van der Waals surface area (Å²) in [5, 5.41) is 30.8. The second-order valence-electron chi connectivity index (χ2n) is 5.71. The molecule has 2 aromatic rings. The summed E-state index contributed by atoms with van der Waals surface area (Å²) in [5.41, 5.74) is 1.52. The number of benzene rings is 1. The Labute approximate surface area is 139 Å². The molecule has 1 aromatic carbocycles. The molecule has 0 saturated carbocycles. The minimum atomic E-state index is -1.17. The topological polar surface area (TPSA) is 101 Å². The summed E-state index contributed by atoms with van der Waals surface area (Å²) in [4.78, 5) is 4.49. The maximum Gasteiger partial charge on any atom is 0.186 e. The van der Waals surface area contributed by atoms with Crippen molar-refractivity contribution in [3.63, 3.8) is 0 Å². The average Bonchev–Trinajstić information content (AvgIpc) is 2.61. The first kappa shape index (κ1) is 17.2. The SMILES string of the molecule is CO[C@@H]1O[C@H](CO)[C@H](O)[C@H](OCc2ccc3ccccc3n2)[C@H]1O. The van der Waals surface area contributed by atoms with E-state index in [2.05, 4.69) is 4.98 Å². The minimum Gasteiger partial charge on any atom is -0.394 e. The molecular weight excluding hydrogens is 314 g/mol. The highest BCUT2D eigenvalue weighted by atomic mass is 16.7. The van der Waals surface area contributed by atoms with Crippen molar-refractivity contribution in [2.75, 3.05) is 13.7 Å². The van der Waals surface area contributed by atoms with Crippen molar-refractivity contribution in [3.8, 4) is 0 Å². The molecule has 7 heteroatoms. The number of para-hydroxylation sites is 1. The predicted octanol–water partition coefficient (Wildman–Crippen LogP) is 0.205. The largest absolute Gasteiger partial charge is 0.394 e. The Hall–Kier alpha value is -1.61. The third-order valence-corrected chi connectivity index (χ3v) is 4.13. The molecule has 1 aromatic heterocycles. The summed E-state index contributed by atoms with van der Waals surface area (Å²) < 4.78 is 16.0. The molecule has 7 nitrogen and oxygen atoms in total. The minimum absolute atomic E-state index is 0.109. The highest BCUT2D eigenvalue weighted by Gasteiger charge is 2.45. The number of pyridine rings is 1. The van der Waals surface area contributed by atoms with Crippen LogP contribution in [-0.2, 0) is 20.8 Å². The van der Waals surface area contributed by atoms with Gasteiger partial charge in [0.2, 0.25) is 0 Å². The molecule has 0 aliphatic carbocycles. The zero-order valence-electron chi connectivity index (χ0n) is 13.3. The third-order valence-electron chi connectivity index (χ3n) is 4.13. The number of aromatic nitrogens is 1. The van der Waals surface area contributed by atoms with Crippen molar-refractivity contribution < 1.29 is 29.5 Å². The van der Waals surface area contributed by atoms with Crippen molar-refractivity contribution in [1.82, 2.24) is 4.98 Å². The molecule has 0 amide bonds. The van der Waals surface area contributed by atoms with Gasteiger partial charge in [0, 0.05) is 12.5 Å². The van der Waals surface area contributed by atoms with Gasteiger partial charge >= 0.3 is 0 Å². The number of fused-ring (bicyclic) bond motifs is 1. The fraction of sp³-hybridized carbons (Fsp3) is 0.471. The Morgan fingerprint density at radius 2 is 1.92 bits per heavy atom. The fourth-order valence-electron chi connectivity index (χ4n) is 2.82. The molecule has 1 aliphatic heterocycles. The summed E-state index contributed by atoms with van der Waals surface area (Å²) in [6.45, 7) is -0.292. The zero-order chi connectivity index (χ0) is 17.1. The summed E-state index contributed by atoms with van der Waals surface area (Å²) in [6, 6.07) is 11.5. The highest BCUT2D eigenvalue weighted by Crippen LogP contribution is 2.25. The molecule has 1 fully saturated rings. The number of hydrogen-bond acceptors (Lipinski definition) is 7. The maximum absolute atomic E-state index is 10.2. The number of ether oxygens (including phenoxy) is 3. The molecule has 24 heavy (non-hydrogen) atoms. The van der Waals surface area contributed by atoms with E-state index in [1.807, 2.05) is 36.4 Å². The summed E-state index contributed by atoms with van der Waals surface area (Å²) in [7, 11) is 1.38. The van der Waals surface area contributed by atoms with E-state index in [0.29, 0.717) is 5.69 Å². The van der Waals surface area contributed by atoms with Crippen molar-refractivity contribution in [3.05, 3.63) is 42.1 Å². The standard InChI is InChI=1S/C17H21NO6/c1-22-17-15(21)16(14(20)13(8-19)24-17)23-9-11-7-6-10-4-2-3-5-12(10)18-11/h2-7,13-17,19-21H,8-9H2,1H3/t13-,14+,15-,16+,17-/m1/s1. The zero-order valence-corrected chi connectivity index (χ0v) is 13.3. The summed E-state index contributed by atoms with van der Waals surface area (Å²) in [6.07, 6.45) is -5.15. The van der Waals surface area contributed by atoms with E-state index in [0.717, 1.165) is 10.9 Å². The molecular formula is C17H21NO6. The van der Waals surface area contributed by atoms with Gasteiger partial charge < -0.3 is 29.5 Å². The van der Waals surface area contributed by atoms with Crippen LogP contribution in [0.1, 0.15) is 5.69 Å². The van der Waals surface area contributed by atoms with E-state index in [9.17, 15) is 15.3 Å². The van der Waals surface area contributed by atoms with E-state index in [1.54, 1.807) is 0 Å². The lowest BCUT2D eigenvalue weighted by molar-refractivity contribution is -0.303. The monoisotopic (exact) mass is 335 g/mol. The maximum atomic E-state index is 10.2. The Morgan fingerprint density at radius 3 is 2.67 bits per heavy atom. The van der Waals surface area contributed by atoms with Crippen LogP contribution in [0.4, 0.5) is 0 Å². The Bertz CT molecular complexity index is 665. The number of methoxy groups -OCH3 is 1. The van der Waals surface area contributed by atoms with Gasteiger partial charge in [0.05, 0.1) is 24.4 Å². The Kier molecular flexibility index (Phi) is 5.40. The number of hydrogen-bond donors (Lipinski definition) is 3. The molecule has 5 atom stereocenters. The summed E-state index contributed by atoms with van der Waals surface area (Å²) >= 11 is 0. The van der Waals surface area contributed by atoms with Gasteiger partial charge in [0.1, 0.15) is 24.4 Å². The van der Waals surface area contributed by atoms with Gasteiger partial charge in [0.15, 0.2) is 6.29 Å². The smallest absolute Gasteiger partial charge is 0.186 e. The van der Waals surface area contributed by atoms with Crippen LogP contribution in [0.2, 0.25) is 0 Å². The average molecular weight is 335 g/mol. The van der Waals surface area contributed by atoms with Gasteiger partial charge in [0.25, 0.3) is 0 Å². The summed E-state index contributed by atoms with van der Waals surface area (Å²) in [5.74, 6) is 0. The number of aliphatic hydroxyl groups excluding tert-OH is 3.